The number of methoxy groups -OCH3 is 2. The first-order valence-corrected chi connectivity index (χ1v) is 17.0. The summed E-state index contributed by atoms with van der Waals surface area (Å²) in [6, 6.07) is 0. The minimum Gasteiger partial charge on any atom is -0.439 e. The number of carbonyl (C=O) groups is 4. The number of primary amides is 1. The molecule has 7 N–H and O–H groups in total. The second-order valence-corrected chi connectivity index (χ2v) is 12.6. The molecule has 14 nitrogen and oxygen atoms in total. The third-order valence-corrected chi connectivity index (χ3v) is 8.43. The van der Waals surface area contributed by atoms with Crippen LogP contribution in [0.4, 0.5) is 4.79 Å². The first-order chi connectivity index (χ1) is 23.8. The van der Waals surface area contributed by atoms with E-state index in [2.05, 4.69) is 10.6 Å². The van der Waals surface area contributed by atoms with Crippen molar-refractivity contribution in [3.8, 4) is 0 Å². The van der Waals surface area contributed by atoms with Gasteiger partial charge >= 0.3 is 6.09 Å². The average Bonchev–Trinajstić information content (AvgIpc) is 3.07. The Bertz CT molecular complexity index is 1320. The van der Waals surface area contributed by atoms with E-state index in [1.165, 1.54) is 20.3 Å². The number of aliphatic hydroxyl groups excluding tert-OH is 1. The Morgan fingerprint density at radius 1 is 1.04 bits per heavy atom. The quantitative estimate of drug-likeness (QED) is 0.100. The lowest BCUT2D eigenvalue weighted by molar-refractivity contribution is -0.120. The van der Waals surface area contributed by atoms with Gasteiger partial charge in [0.25, 0.3) is 5.91 Å². The molecular weight excluding hydrogens is 648 g/mol. The molecule has 0 aromatic rings. The van der Waals surface area contributed by atoms with Gasteiger partial charge in [-0.05, 0) is 57.6 Å². The molecule has 1 aliphatic heterocycles. The molecule has 0 aromatic carbocycles. The Morgan fingerprint density at radius 2 is 1.72 bits per heavy atom. The summed E-state index contributed by atoms with van der Waals surface area (Å²) in [7, 11) is 2.92. The monoisotopic (exact) mass is 704 g/mol. The van der Waals surface area contributed by atoms with Gasteiger partial charge in [0.1, 0.15) is 6.10 Å². The molecule has 0 radical (unpaired) electrons. The third kappa shape index (κ3) is 13.6. The summed E-state index contributed by atoms with van der Waals surface area (Å²) in [5.41, 5.74) is 11.9. The third-order valence-electron chi connectivity index (χ3n) is 8.43. The molecule has 0 aromatic heterocycles. The largest absolute Gasteiger partial charge is 0.439 e. The van der Waals surface area contributed by atoms with Crippen LogP contribution in [0.15, 0.2) is 58.5 Å². The van der Waals surface area contributed by atoms with Crippen LogP contribution < -0.4 is 22.1 Å². The number of hydrogen-bond donors (Lipinski definition) is 5. The lowest BCUT2D eigenvalue weighted by atomic mass is 9.85. The number of fused-ring (bicyclic) bond motifs is 2. The van der Waals surface area contributed by atoms with Gasteiger partial charge in [0.05, 0.1) is 36.8 Å². The van der Waals surface area contributed by atoms with Gasteiger partial charge in [-0.1, -0.05) is 38.2 Å². The summed E-state index contributed by atoms with van der Waals surface area (Å²) in [5, 5.41) is 17.1. The number of aliphatic hydroxyl groups is 1. The number of allylic oxidation sites excluding steroid dienone is 4. The van der Waals surface area contributed by atoms with E-state index in [1.54, 1.807) is 39.0 Å². The molecular formula is C36H56N4O10. The number of carbonyl (C=O) groups excluding carboxylic acids is 4. The molecule has 1 aliphatic carbocycles. The summed E-state index contributed by atoms with van der Waals surface area (Å²) < 4.78 is 27.7. The lowest BCUT2D eigenvalue weighted by Gasteiger charge is -2.30. The molecule has 14 heteroatoms. The van der Waals surface area contributed by atoms with E-state index >= 15 is 0 Å². The van der Waals surface area contributed by atoms with Crippen molar-refractivity contribution in [1.29, 1.82) is 0 Å². The van der Waals surface area contributed by atoms with E-state index < -0.39 is 53.9 Å². The van der Waals surface area contributed by atoms with E-state index in [1.807, 2.05) is 6.92 Å². The zero-order valence-electron chi connectivity index (χ0n) is 30.2. The van der Waals surface area contributed by atoms with Gasteiger partial charge in [-0.2, -0.15) is 0 Å². The van der Waals surface area contributed by atoms with E-state index in [0.717, 1.165) is 12.5 Å². The van der Waals surface area contributed by atoms with Crippen LogP contribution >= 0.6 is 0 Å². The van der Waals surface area contributed by atoms with Crippen LogP contribution in [0.1, 0.15) is 53.4 Å². The second-order valence-electron chi connectivity index (χ2n) is 12.6. The molecule has 2 bridgehead atoms. The predicted molar refractivity (Wildman–Crippen MR) is 187 cm³/mol. The Balaban J connectivity index is 2.40. The molecule has 50 heavy (non-hydrogen) atoms. The van der Waals surface area contributed by atoms with Crippen LogP contribution in [-0.4, -0.2) is 107 Å². The molecule has 0 fully saturated rings. The SMILES string of the molecule is CO[C@@H]1/C=C/C=C(/C)C(=O)NC2=CC(=O)C(NCCCOCCOCCCN)=C(C[C@H](C)C[C@@H](OC)[C@@H](O)[C@H](C)/C=C(\C)[C@H]1OC(N)=O)C2=O. The highest BCUT2D eigenvalue weighted by atomic mass is 16.6. The summed E-state index contributed by atoms with van der Waals surface area (Å²) in [5.74, 6) is -2.19. The van der Waals surface area contributed by atoms with Crippen molar-refractivity contribution in [3.05, 3.63) is 58.5 Å². The topological polar surface area (TPSA) is 211 Å². The summed E-state index contributed by atoms with van der Waals surface area (Å²) in [4.78, 5) is 52.2. The number of hydrogen-bond acceptors (Lipinski definition) is 12. The first kappa shape index (κ1) is 42.5. The average molecular weight is 705 g/mol. The van der Waals surface area contributed by atoms with Crippen LogP contribution in [0.5, 0.6) is 0 Å². The summed E-state index contributed by atoms with van der Waals surface area (Å²) in [6.45, 7) is 9.82. The molecule has 2 aliphatic rings. The van der Waals surface area contributed by atoms with Gasteiger partial charge in [-0.3, -0.25) is 14.4 Å². The number of amides is 2. The minimum absolute atomic E-state index is 0.137. The zero-order valence-corrected chi connectivity index (χ0v) is 30.2. The maximum atomic E-state index is 13.8. The van der Waals surface area contributed by atoms with Crippen LogP contribution in [0.25, 0.3) is 0 Å². The maximum Gasteiger partial charge on any atom is 0.405 e. The van der Waals surface area contributed by atoms with Crippen molar-refractivity contribution in [1.82, 2.24) is 10.6 Å². The Morgan fingerprint density at radius 3 is 2.34 bits per heavy atom. The van der Waals surface area contributed by atoms with Gasteiger partial charge < -0.3 is 50.9 Å². The lowest BCUT2D eigenvalue weighted by Crippen LogP contribution is -2.38. The van der Waals surface area contributed by atoms with Crippen molar-refractivity contribution in [2.24, 2.45) is 23.3 Å². The highest BCUT2D eigenvalue weighted by Gasteiger charge is 2.33. The fourth-order valence-corrected chi connectivity index (χ4v) is 5.67. The molecule has 0 saturated carbocycles. The zero-order chi connectivity index (χ0) is 37.2. The van der Waals surface area contributed by atoms with E-state index in [-0.39, 0.29) is 34.9 Å². The first-order valence-electron chi connectivity index (χ1n) is 17.0. The number of ketones is 2. The molecule has 280 valence electrons. The van der Waals surface area contributed by atoms with E-state index in [4.69, 9.17) is 35.2 Å². The van der Waals surface area contributed by atoms with Gasteiger partial charge in [-0.25, -0.2) is 4.79 Å². The number of ether oxygens (including phenoxy) is 5. The molecule has 2 amide bonds. The molecule has 0 unspecified atom stereocenters. The highest BCUT2D eigenvalue weighted by Crippen LogP contribution is 2.29. The molecule has 2 rings (SSSR count). The minimum atomic E-state index is -1.01. The van der Waals surface area contributed by atoms with Gasteiger partial charge in [-0.15, -0.1) is 0 Å². The van der Waals surface area contributed by atoms with Crippen LogP contribution in [0.3, 0.4) is 0 Å². The van der Waals surface area contributed by atoms with E-state index in [9.17, 15) is 24.3 Å². The highest BCUT2D eigenvalue weighted by molar-refractivity contribution is 6.23. The normalized spacial score (nSPS) is 28.6. The maximum absolute atomic E-state index is 13.8. The van der Waals surface area contributed by atoms with Crippen molar-refractivity contribution < 1.29 is 48.0 Å². The second kappa shape index (κ2) is 22.2. The van der Waals surface area contributed by atoms with Gasteiger partial charge in [0.2, 0.25) is 11.6 Å². The number of rotatable bonds is 14. The van der Waals surface area contributed by atoms with Crippen LogP contribution in [0, 0.1) is 11.8 Å². The van der Waals surface area contributed by atoms with E-state index in [0.29, 0.717) is 57.9 Å². The van der Waals surface area contributed by atoms with Crippen LogP contribution in [-0.2, 0) is 38.1 Å². The standard InChI is InChI=1S/C36H56N4O10/c1-22-18-26-31(39-13-9-15-49-17-16-48-14-8-12-37)28(41)21-27(33(26)43)40-35(44)23(2)10-7-11-29(46-5)34(50-36(38)45)25(4)20-24(3)32(42)30(19-22)47-6/h7,10-11,20-22,24,29-30,32,34,39,42H,8-9,12-19,37H2,1-6H3,(H2,38,45)(H,40,44)/b11-7+,23-10-,25-20+/t22-,24+,29+,30+,32-,34+/m0/s1. The Hall–Kier alpha value is -3.66. The molecule has 0 saturated heterocycles. The van der Waals surface area contributed by atoms with Crippen molar-refractivity contribution in [2.45, 2.75) is 77.8 Å². The van der Waals surface area contributed by atoms with Gasteiger partial charge in [0.15, 0.2) is 6.10 Å². The molecule has 6 atom stereocenters. The predicted octanol–water partition coefficient (Wildman–Crippen LogP) is 2.12. The summed E-state index contributed by atoms with van der Waals surface area (Å²) >= 11 is 0. The van der Waals surface area contributed by atoms with Crippen molar-refractivity contribution in [2.75, 3.05) is 53.7 Å². The number of Topliss-reactive ketones (excluding diaryl/α,β-unsaturated/α-hetero) is 1. The van der Waals surface area contributed by atoms with Crippen molar-refractivity contribution >= 4 is 23.6 Å². The van der Waals surface area contributed by atoms with Crippen molar-refractivity contribution in [3.63, 3.8) is 0 Å². The molecule has 0 spiro atoms. The van der Waals surface area contributed by atoms with Gasteiger partial charge in [0, 0.05) is 57.1 Å². The number of nitrogens with two attached hydrogens (primary N) is 2. The molecule has 1 heterocycles. The smallest absolute Gasteiger partial charge is 0.405 e. The van der Waals surface area contributed by atoms with Crippen LogP contribution in [0.2, 0.25) is 0 Å². The fourth-order valence-electron chi connectivity index (χ4n) is 5.67. The number of nitrogens with one attached hydrogen (secondary N) is 2. The summed E-state index contributed by atoms with van der Waals surface area (Å²) in [6.07, 6.45) is 5.06. The Labute approximate surface area is 295 Å². The Kier molecular flexibility index (Phi) is 18.9. The fraction of sp³-hybridized carbons (Fsp3) is 0.611.